The fourth-order valence-electron chi connectivity index (χ4n) is 3.64. The summed E-state index contributed by atoms with van der Waals surface area (Å²) in [5.41, 5.74) is 13.2. The maximum Gasteiger partial charge on any atom is 0.404 e. The third kappa shape index (κ3) is 5.85. The summed E-state index contributed by atoms with van der Waals surface area (Å²) < 4.78 is 4.64. The fraction of sp³-hybridized carbons (Fsp3) is 0.455. The van der Waals surface area contributed by atoms with Crippen molar-refractivity contribution in [2.24, 2.45) is 16.5 Å². The van der Waals surface area contributed by atoms with Gasteiger partial charge in [0.05, 0.1) is 5.69 Å². The molecule has 32 heavy (non-hydrogen) atoms. The van der Waals surface area contributed by atoms with Crippen LogP contribution in [0.5, 0.6) is 0 Å². The Labute approximate surface area is 186 Å². The zero-order valence-electron chi connectivity index (χ0n) is 18.2. The Morgan fingerprint density at radius 2 is 1.94 bits per heavy atom. The van der Waals surface area contributed by atoms with Crippen molar-refractivity contribution in [2.45, 2.75) is 32.6 Å². The van der Waals surface area contributed by atoms with Gasteiger partial charge in [-0.1, -0.05) is 13.0 Å². The maximum atomic E-state index is 13.1. The standard InChI is InChI=1S/C22H29N5O5/c1-2-7-27(32-11-10-31-22(24)30)21(29)17-12-15-5-6-16(13-18(15)25-19(23)14-17)20(28)26-8-3-4-9-26/h5-6,12-13H,2-4,7-11,14H2,1H3,(H2,23,25)(H2,24,30). The summed E-state index contributed by atoms with van der Waals surface area (Å²) in [7, 11) is 0. The number of likely N-dealkylation sites (tertiary alicyclic amines) is 1. The van der Waals surface area contributed by atoms with Gasteiger partial charge in [0.1, 0.15) is 19.0 Å². The van der Waals surface area contributed by atoms with Crippen LogP contribution >= 0.6 is 0 Å². The van der Waals surface area contributed by atoms with E-state index in [9.17, 15) is 14.4 Å². The van der Waals surface area contributed by atoms with Crippen molar-refractivity contribution < 1.29 is 24.0 Å². The molecule has 3 rings (SSSR count). The molecule has 0 saturated carbocycles. The van der Waals surface area contributed by atoms with E-state index in [0.717, 1.165) is 25.9 Å². The molecule has 4 N–H and O–H groups in total. The number of amides is 3. The minimum Gasteiger partial charge on any atom is -0.447 e. The van der Waals surface area contributed by atoms with Crippen molar-refractivity contribution in [3.05, 3.63) is 34.9 Å². The van der Waals surface area contributed by atoms with Gasteiger partial charge in [0, 0.05) is 42.8 Å². The van der Waals surface area contributed by atoms with Crippen LogP contribution in [0.15, 0.2) is 28.8 Å². The van der Waals surface area contributed by atoms with E-state index in [2.05, 4.69) is 9.73 Å². The second-order valence-corrected chi connectivity index (χ2v) is 7.63. The van der Waals surface area contributed by atoms with Crippen LogP contribution in [0.2, 0.25) is 0 Å². The number of fused-ring (bicyclic) bond motifs is 1. The summed E-state index contributed by atoms with van der Waals surface area (Å²) in [5, 5.41) is 1.22. The van der Waals surface area contributed by atoms with Gasteiger partial charge in [-0.2, -0.15) is 0 Å². The minimum absolute atomic E-state index is 0.00983. The number of carbonyl (C=O) groups is 3. The second-order valence-electron chi connectivity index (χ2n) is 7.63. The van der Waals surface area contributed by atoms with E-state index in [-0.39, 0.29) is 37.3 Å². The van der Waals surface area contributed by atoms with Crippen molar-refractivity contribution in [2.75, 3.05) is 32.8 Å². The van der Waals surface area contributed by atoms with Crippen LogP contribution in [0, 0.1) is 0 Å². The summed E-state index contributed by atoms with van der Waals surface area (Å²) in [4.78, 5) is 48.3. The smallest absolute Gasteiger partial charge is 0.404 e. The predicted octanol–water partition coefficient (Wildman–Crippen LogP) is 1.96. The summed E-state index contributed by atoms with van der Waals surface area (Å²) in [5.74, 6) is -0.110. The third-order valence-electron chi connectivity index (χ3n) is 5.14. The van der Waals surface area contributed by atoms with E-state index in [1.54, 1.807) is 24.3 Å². The third-order valence-corrected chi connectivity index (χ3v) is 5.14. The Kier molecular flexibility index (Phi) is 7.82. The lowest BCUT2D eigenvalue weighted by Crippen LogP contribution is -2.35. The van der Waals surface area contributed by atoms with Crippen molar-refractivity contribution in [1.82, 2.24) is 9.96 Å². The summed E-state index contributed by atoms with van der Waals surface area (Å²) in [6.07, 6.45) is 3.65. The normalized spacial score (nSPS) is 15.3. The Bertz CT molecular complexity index is 937. The molecule has 10 heteroatoms. The number of carbonyl (C=O) groups excluding carboxylic acids is 3. The number of hydroxylamine groups is 2. The monoisotopic (exact) mass is 443 g/mol. The largest absolute Gasteiger partial charge is 0.447 e. The van der Waals surface area contributed by atoms with Crippen LogP contribution in [0.3, 0.4) is 0 Å². The highest BCUT2D eigenvalue weighted by atomic mass is 16.7. The quantitative estimate of drug-likeness (QED) is 0.465. The molecule has 1 aromatic carbocycles. The molecule has 10 nitrogen and oxygen atoms in total. The summed E-state index contributed by atoms with van der Waals surface area (Å²) >= 11 is 0. The molecule has 2 heterocycles. The van der Waals surface area contributed by atoms with Gasteiger partial charge in [0.15, 0.2) is 0 Å². The van der Waals surface area contributed by atoms with Crippen molar-refractivity contribution >= 4 is 35.5 Å². The van der Waals surface area contributed by atoms with Gasteiger partial charge in [0.25, 0.3) is 11.8 Å². The van der Waals surface area contributed by atoms with Crippen molar-refractivity contribution in [3.63, 3.8) is 0 Å². The first-order valence-corrected chi connectivity index (χ1v) is 10.7. The number of benzene rings is 1. The molecule has 0 unspecified atom stereocenters. The lowest BCUT2D eigenvalue weighted by Gasteiger charge is -2.22. The van der Waals surface area contributed by atoms with Crippen LogP contribution in [0.25, 0.3) is 6.08 Å². The summed E-state index contributed by atoms with van der Waals surface area (Å²) in [6.45, 7) is 3.70. The molecule has 0 spiro atoms. The predicted molar refractivity (Wildman–Crippen MR) is 119 cm³/mol. The number of rotatable bonds is 8. The molecule has 1 aromatic rings. The Balaban J connectivity index is 1.79. The molecule has 1 fully saturated rings. The number of hydrogen-bond donors (Lipinski definition) is 2. The molecule has 2 aliphatic heterocycles. The van der Waals surface area contributed by atoms with Crippen LogP contribution in [-0.2, 0) is 14.4 Å². The molecular formula is C22H29N5O5. The van der Waals surface area contributed by atoms with Gasteiger partial charge in [-0.25, -0.2) is 14.9 Å². The zero-order valence-corrected chi connectivity index (χ0v) is 18.2. The van der Waals surface area contributed by atoms with E-state index in [1.165, 1.54) is 5.06 Å². The molecular weight excluding hydrogens is 414 g/mol. The molecule has 0 aromatic heterocycles. The van der Waals surface area contributed by atoms with Crippen LogP contribution in [0.1, 0.15) is 48.5 Å². The van der Waals surface area contributed by atoms with Gasteiger partial charge in [-0.05, 0) is 37.5 Å². The number of amidine groups is 1. The highest BCUT2D eigenvalue weighted by Gasteiger charge is 2.24. The van der Waals surface area contributed by atoms with E-state index in [0.29, 0.717) is 35.4 Å². The first-order valence-electron chi connectivity index (χ1n) is 10.7. The van der Waals surface area contributed by atoms with E-state index >= 15 is 0 Å². The first kappa shape index (κ1) is 23.3. The van der Waals surface area contributed by atoms with Crippen molar-refractivity contribution in [3.8, 4) is 0 Å². The SMILES string of the molecule is CCCN(OCCOC(N)=O)C(=O)C1=Cc2ccc(C(=O)N3CCCC3)cc2N=C(N)C1. The van der Waals surface area contributed by atoms with Gasteiger partial charge in [-0.3, -0.25) is 14.4 Å². The van der Waals surface area contributed by atoms with Gasteiger partial charge < -0.3 is 21.1 Å². The molecule has 0 atom stereocenters. The lowest BCUT2D eigenvalue weighted by atomic mass is 10.0. The van der Waals surface area contributed by atoms with E-state index < -0.39 is 6.09 Å². The van der Waals surface area contributed by atoms with Crippen LogP contribution in [0.4, 0.5) is 10.5 Å². The van der Waals surface area contributed by atoms with Crippen molar-refractivity contribution in [1.29, 1.82) is 0 Å². The average Bonchev–Trinajstić information content (AvgIpc) is 3.24. The van der Waals surface area contributed by atoms with E-state index in [4.69, 9.17) is 16.3 Å². The van der Waals surface area contributed by atoms with Gasteiger partial charge in [-0.15, -0.1) is 0 Å². The number of nitrogens with two attached hydrogens (primary N) is 2. The Morgan fingerprint density at radius 1 is 1.19 bits per heavy atom. The lowest BCUT2D eigenvalue weighted by molar-refractivity contribution is -0.185. The Morgan fingerprint density at radius 3 is 2.62 bits per heavy atom. The Hall–Kier alpha value is -3.40. The first-order chi connectivity index (χ1) is 15.4. The van der Waals surface area contributed by atoms with Gasteiger partial charge >= 0.3 is 6.09 Å². The highest BCUT2D eigenvalue weighted by molar-refractivity contribution is 6.05. The molecule has 0 aliphatic carbocycles. The molecule has 0 radical (unpaired) electrons. The number of primary amides is 1. The number of aliphatic imine (C=N–C) groups is 1. The fourth-order valence-corrected chi connectivity index (χ4v) is 3.64. The van der Waals surface area contributed by atoms with Crippen LogP contribution < -0.4 is 11.5 Å². The topological polar surface area (TPSA) is 141 Å². The van der Waals surface area contributed by atoms with Gasteiger partial charge in [0.2, 0.25) is 0 Å². The molecule has 2 aliphatic rings. The molecule has 3 amide bonds. The summed E-state index contributed by atoms with van der Waals surface area (Å²) in [6, 6.07) is 5.24. The van der Waals surface area contributed by atoms with E-state index in [1.807, 2.05) is 11.8 Å². The van der Waals surface area contributed by atoms with Crippen LogP contribution in [-0.4, -0.2) is 66.6 Å². The molecule has 1 saturated heterocycles. The number of hydrogen-bond acceptors (Lipinski definition) is 7. The minimum atomic E-state index is -0.906. The number of nitrogens with zero attached hydrogens (tertiary/aromatic N) is 3. The highest BCUT2D eigenvalue weighted by Crippen LogP contribution is 2.29. The number of ether oxygens (including phenoxy) is 1. The zero-order chi connectivity index (χ0) is 23.1. The second kappa shape index (κ2) is 10.8. The maximum absolute atomic E-state index is 13.1. The average molecular weight is 444 g/mol. The molecule has 0 bridgehead atoms. The molecule has 172 valence electrons.